The molecule has 3 aromatic carbocycles. The van der Waals surface area contributed by atoms with Crippen molar-refractivity contribution in [1.29, 1.82) is 0 Å². The molecule has 0 saturated carbocycles. The second kappa shape index (κ2) is 10.3. The lowest BCUT2D eigenvalue weighted by Crippen LogP contribution is -2.31. The van der Waals surface area contributed by atoms with Crippen molar-refractivity contribution in [3.63, 3.8) is 0 Å². The van der Waals surface area contributed by atoms with E-state index >= 15 is 0 Å². The Bertz CT molecular complexity index is 984. The van der Waals surface area contributed by atoms with E-state index in [9.17, 15) is 9.59 Å². The molecule has 0 unspecified atom stereocenters. The molecule has 0 aliphatic heterocycles. The molecule has 3 rings (SSSR count). The maximum absolute atomic E-state index is 12.5. The standard InChI is InChI=1S/C25H25NO4/c1-3-19-13-15-21(16-14-19)29-17-24(27)30-18(2)25(28)26-23-12-8-7-11-22(23)20-9-5-4-6-10-20/h4-16,18H,3,17H2,1-2H3,(H,26,28)/t18-/m0/s1. The summed E-state index contributed by atoms with van der Waals surface area (Å²) in [4.78, 5) is 24.6. The first-order valence-corrected chi connectivity index (χ1v) is 9.93. The number of hydrogen-bond donors (Lipinski definition) is 1. The zero-order valence-electron chi connectivity index (χ0n) is 17.1. The maximum Gasteiger partial charge on any atom is 0.344 e. The van der Waals surface area contributed by atoms with Crippen LogP contribution in [0.5, 0.6) is 5.75 Å². The number of nitrogens with one attached hydrogen (secondary N) is 1. The van der Waals surface area contributed by atoms with Crippen molar-refractivity contribution in [1.82, 2.24) is 0 Å². The lowest BCUT2D eigenvalue weighted by Gasteiger charge is -2.16. The van der Waals surface area contributed by atoms with Crippen LogP contribution in [0.3, 0.4) is 0 Å². The van der Waals surface area contributed by atoms with E-state index in [2.05, 4.69) is 12.2 Å². The molecule has 0 heterocycles. The Hall–Kier alpha value is -3.60. The van der Waals surface area contributed by atoms with E-state index in [0.717, 1.165) is 17.5 Å². The molecule has 0 spiro atoms. The number of carbonyl (C=O) groups is 2. The summed E-state index contributed by atoms with van der Waals surface area (Å²) >= 11 is 0. The topological polar surface area (TPSA) is 64.6 Å². The molecule has 0 aliphatic rings. The van der Waals surface area contributed by atoms with Crippen LogP contribution in [0.25, 0.3) is 11.1 Å². The van der Waals surface area contributed by atoms with Gasteiger partial charge in [-0.25, -0.2) is 4.79 Å². The Morgan fingerprint density at radius 3 is 2.27 bits per heavy atom. The highest BCUT2D eigenvalue weighted by Gasteiger charge is 2.19. The summed E-state index contributed by atoms with van der Waals surface area (Å²) in [7, 11) is 0. The second-order valence-electron chi connectivity index (χ2n) is 6.82. The molecule has 0 radical (unpaired) electrons. The molecular formula is C25H25NO4. The normalized spacial score (nSPS) is 11.4. The minimum Gasteiger partial charge on any atom is -0.482 e. The number of ether oxygens (including phenoxy) is 2. The van der Waals surface area contributed by atoms with E-state index in [1.807, 2.05) is 78.9 Å². The van der Waals surface area contributed by atoms with Gasteiger partial charge in [-0.3, -0.25) is 4.79 Å². The van der Waals surface area contributed by atoms with Gasteiger partial charge in [0.25, 0.3) is 5.91 Å². The second-order valence-corrected chi connectivity index (χ2v) is 6.82. The number of rotatable bonds is 8. The van der Waals surface area contributed by atoms with Crippen LogP contribution in [0.15, 0.2) is 78.9 Å². The van der Waals surface area contributed by atoms with Gasteiger partial charge < -0.3 is 14.8 Å². The molecule has 154 valence electrons. The van der Waals surface area contributed by atoms with Gasteiger partial charge in [0, 0.05) is 11.3 Å². The number of carbonyl (C=O) groups excluding carboxylic acids is 2. The molecule has 0 saturated heterocycles. The van der Waals surface area contributed by atoms with E-state index in [0.29, 0.717) is 11.4 Å². The first kappa shape index (κ1) is 21.1. The van der Waals surface area contributed by atoms with Crippen LogP contribution in [-0.2, 0) is 20.7 Å². The smallest absolute Gasteiger partial charge is 0.344 e. The first-order valence-electron chi connectivity index (χ1n) is 9.93. The summed E-state index contributed by atoms with van der Waals surface area (Å²) in [6, 6.07) is 24.8. The lowest BCUT2D eigenvalue weighted by molar-refractivity contribution is -0.155. The lowest BCUT2D eigenvalue weighted by atomic mass is 10.0. The Labute approximate surface area is 176 Å². The van der Waals surface area contributed by atoms with Crippen molar-refractivity contribution in [3.8, 4) is 16.9 Å². The van der Waals surface area contributed by atoms with Crippen molar-refractivity contribution in [2.45, 2.75) is 26.4 Å². The van der Waals surface area contributed by atoms with Crippen LogP contribution < -0.4 is 10.1 Å². The molecule has 3 aromatic rings. The largest absolute Gasteiger partial charge is 0.482 e. The number of anilines is 1. The van der Waals surface area contributed by atoms with Crippen LogP contribution in [0, 0.1) is 0 Å². The fourth-order valence-corrected chi connectivity index (χ4v) is 2.94. The molecule has 0 aliphatic carbocycles. The molecule has 1 atom stereocenters. The van der Waals surface area contributed by atoms with E-state index < -0.39 is 18.0 Å². The summed E-state index contributed by atoms with van der Waals surface area (Å²) in [5, 5.41) is 2.84. The average molecular weight is 403 g/mol. The van der Waals surface area contributed by atoms with Gasteiger partial charge in [-0.15, -0.1) is 0 Å². The third-order valence-electron chi connectivity index (χ3n) is 4.64. The Kier molecular flexibility index (Phi) is 7.22. The summed E-state index contributed by atoms with van der Waals surface area (Å²) in [5.41, 5.74) is 3.72. The van der Waals surface area contributed by atoms with Gasteiger partial charge >= 0.3 is 5.97 Å². The van der Waals surface area contributed by atoms with E-state index in [1.165, 1.54) is 12.5 Å². The van der Waals surface area contributed by atoms with Crippen LogP contribution in [0.1, 0.15) is 19.4 Å². The number of aryl methyl sites for hydroxylation is 1. The highest BCUT2D eigenvalue weighted by atomic mass is 16.6. The highest BCUT2D eigenvalue weighted by Crippen LogP contribution is 2.27. The predicted molar refractivity (Wildman–Crippen MR) is 117 cm³/mol. The van der Waals surface area contributed by atoms with Gasteiger partial charge in [-0.2, -0.15) is 0 Å². The Balaban J connectivity index is 1.55. The Morgan fingerprint density at radius 2 is 1.57 bits per heavy atom. The van der Waals surface area contributed by atoms with Gasteiger partial charge in [0.1, 0.15) is 5.75 Å². The third-order valence-corrected chi connectivity index (χ3v) is 4.64. The van der Waals surface area contributed by atoms with Crippen LogP contribution in [-0.4, -0.2) is 24.6 Å². The number of para-hydroxylation sites is 1. The van der Waals surface area contributed by atoms with E-state index in [4.69, 9.17) is 9.47 Å². The zero-order chi connectivity index (χ0) is 21.3. The van der Waals surface area contributed by atoms with Crippen LogP contribution in [0.4, 0.5) is 5.69 Å². The molecule has 0 bridgehead atoms. The molecule has 1 amide bonds. The highest BCUT2D eigenvalue weighted by molar-refractivity contribution is 5.98. The van der Waals surface area contributed by atoms with Crippen LogP contribution in [0.2, 0.25) is 0 Å². The minimum absolute atomic E-state index is 0.260. The number of amides is 1. The van der Waals surface area contributed by atoms with Crippen molar-refractivity contribution >= 4 is 17.6 Å². The Morgan fingerprint density at radius 1 is 0.900 bits per heavy atom. The van der Waals surface area contributed by atoms with Crippen molar-refractivity contribution in [2.75, 3.05) is 11.9 Å². The van der Waals surface area contributed by atoms with Crippen molar-refractivity contribution < 1.29 is 19.1 Å². The van der Waals surface area contributed by atoms with Crippen molar-refractivity contribution in [3.05, 3.63) is 84.4 Å². The quantitative estimate of drug-likeness (QED) is 0.545. The summed E-state index contributed by atoms with van der Waals surface area (Å²) < 4.78 is 10.7. The third kappa shape index (κ3) is 5.70. The van der Waals surface area contributed by atoms with Gasteiger partial charge in [-0.1, -0.05) is 67.6 Å². The zero-order valence-corrected chi connectivity index (χ0v) is 17.1. The number of esters is 1. The monoisotopic (exact) mass is 403 g/mol. The number of benzene rings is 3. The SMILES string of the molecule is CCc1ccc(OCC(=O)O[C@@H](C)C(=O)Nc2ccccc2-c2ccccc2)cc1. The molecule has 0 fully saturated rings. The van der Waals surface area contributed by atoms with E-state index in [-0.39, 0.29) is 6.61 Å². The van der Waals surface area contributed by atoms with Gasteiger partial charge in [0.2, 0.25) is 0 Å². The van der Waals surface area contributed by atoms with Gasteiger partial charge in [-0.05, 0) is 42.7 Å². The van der Waals surface area contributed by atoms with Gasteiger partial charge in [0.05, 0.1) is 0 Å². The maximum atomic E-state index is 12.5. The van der Waals surface area contributed by atoms with Gasteiger partial charge in [0.15, 0.2) is 12.7 Å². The average Bonchev–Trinajstić information content (AvgIpc) is 2.79. The minimum atomic E-state index is -0.951. The summed E-state index contributed by atoms with van der Waals surface area (Å²) in [5.74, 6) is -0.425. The predicted octanol–water partition coefficient (Wildman–Crippen LogP) is 4.87. The molecule has 1 N–H and O–H groups in total. The summed E-state index contributed by atoms with van der Waals surface area (Å²) in [6.45, 7) is 3.34. The molecule has 0 aromatic heterocycles. The molecule has 5 nitrogen and oxygen atoms in total. The first-order chi connectivity index (χ1) is 14.6. The fourth-order valence-electron chi connectivity index (χ4n) is 2.94. The van der Waals surface area contributed by atoms with E-state index in [1.54, 1.807) is 0 Å². The molecular weight excluding hydrogens is 378 g/mol. The fraction of sp³-hybridized carbons (Fsp3) is 0.200. The molecule has 30 heavy (non-hydrogen) atoms. The van der Waals surface area contributed by atoms with Crippen LogP contribution >= 0.6 is 0 Å². The molecule has 5 heteroatoms. The van der Waals surface area contributed by atoms with Crippen molar-refractivity contribution in [2.24, 2.45) is 0 Å². The number of hydrogen-bond acceptors (Lipinski definition) is 4. The summed E-state index contributed by atoms with van der Waals surface area (Å²) in [6.07, 6.45) is -0.0186.